The molecule has 0 aliphatic heterocycles. The van der Waals surface area contributed by atoms with E-state index in [1.54, 1.807) is 17.4 Å². The Bertz CT molecular complexity index is 5800. The molecule has 0 spiro atoms. The topological polar surface area (TPSA) is 118 Å². The molecule has 0 saturated heterocycles. The molecule has 4 heterocycles. The minimum absolute atomic E-state index is 0.582. The van der Waals surface area contributed by atoms with Crippen molar-refractivity contribution in [2.75, 3.05) is 0 Å². The van der Waals surface area contributed by atoms with Crippen LogP contribution in [-0.2, 0) is 0 Å². The number of hydrogen-bond donors (Lipinski definition) is 2. The van der Waals surface area contributed by atoms with Gasteiger partial charge in [-0.3, -0.25) is 0 Å². The summed E-state index contributed by atoms with van der Waals surface area (Å²) in [7, 11) is -1.41. The van der Waals surface area contributed by atoms with Gasteiger partial charge in [0.25, 0.3) is 0 Å². The Kier molecular flexibility index (Phi) is 18.7. The zero-order chi connectivity index (χ0) is 68.7. The van der Waals surface area contributed by atoms with Crippen molar-refractivity contribution in [3.63, 3.8) is 0 Å². The molecule has 0 aliphatic carbocycles. The fraction of sp³-hybridized carbons (Fsp3) is 0. The fourth-order valence-corrected chi connectivity index (χ4v) is 15.8. The van der Waals surface area contributed by atoms with Crippen LogP contribution in [0.15, 0.2) is 356 Å². The van der Waals surface area contributed by atoms with Gasteiger partial charge in [0.2, 0.25) is 0 Å². The standard InChI is InChI=1S/C45H29N3S.C33H22BrN3.C12H9BO2S/c1-3-14-30(15-4-1)34-18-7-9-21-39(34)44-46-43(47-45(48-44)40-22-10-8-19-35(40)31-16-5-2-6-17-31)33-28-26-32(27-29-33)36-23-13-24-38-37-20-11-12-25-41(37)49-42(36)38;34-26-21-19-25(20-22-26)31-35-32(29-17-9-7-15-27(29)23-11-3-1-4-12-23)37-33(36-31)30-18-10-8-16-28(30)24-13-5-2-6-14-24;14-13(15)10-6-3-5-9-8-4-1-2-7-11(8)16-12(9)10/h1-29H;1-22H;1-7,14-15H. The first-order valence-electron chi connectivity index (χ1n) is 33.5. The van der Waals surface area contributed by atoms with Gasteiger partial charge in [0.15, 0.2) is 34.9 Å². The number of nitrogens with zero attached hydrogens (tertiary/aromatic N) is 6. The highest BCUT2D eigenvalue weighted by Crippen LogP contribution is 2.42. The van der Waals surface area contributed by atoms with Crippen molar-refractivity contribution in [1.82, 2.24) is 29.9 Å². The van der Waals surface area contributed by atoms with Crippen LogP contribution in [0.25, 0.3) is 164 Å². The van der Waals surface area contributed by atoms with Crippen LogP contribution in [0.2, 0.25) is 0 Å². The molecule has 4 aromatic heterocycles. The number of halogens is 1. The van der Waals surface area contributed by atoms with E-state index in [0.717, 1.165) is 92.4 Å². The van der Waals surface area contributed by atoms with Crippen molar-refractivity contribution >= 4 is 91.5 Å². The fourth-order valence-electron chi connectivity index (χ4n) is 13.0. The molecule has 0 radical (unpaired) electrons. The van der Waals surface area contributed by atoms with E-state index in [9.17, 15) is 10.0 Å². The van der Waals surface area contributed by atoms with Gasteiger partial charge >= 0.3 is 7.12 Å². The van der Waals surface area contributed by atoms with Crippen LogP contribution in [0.1, 0.15) is 0 Å². The number of thiophene rings is 2. The molecule has 8 nitrogen and oxygen atoms in total. The molecule has 2 N–H and O–H groups in total. The van der Waals surface area contributed by atoms with Crippen molar-refractivity contribution in [3.05, 3.63) is 356 Å². The first-order valence-corrected chi connectivity index (χ1v) is 35.9. The van der Waals surface area contributed by atoms with E-state index in [2.05, 4.69) is 222 Å². The molecule has 102 heavy (non-hydrogen) atoms. The van der Waals surface area contributed by atoms with Crippen molar-refractivity contribution in [3.8, 4) is 124 Å². The summed E-state index contributed by atoms with van der Waals surface area (Å²) in [6.45, 7) is 0. The highest BCUT2D eigenvalue weighted by molar-refractivity contribution is 9.10. The van der Waals surface area contributed by atoms with Gasteiger partial charge < -0.3 is 10.0 Å². The second kappa shape index (κ2) is 29.4. The van der Waals surface area contributed by atoms with Crippen LogP contribution in [0.5, 0.6) is 0 Å². The maximum Gasteiger partial charge on any atom is 0.489 e. The first-order chi connectivity index (χ1) is 50.3. The Labute approximate surface area is 607 Å². The second-order valence-electron chi connectivity index (χ2n) is 24.3. The lowest BCUT2D eigenvalue weighted by molar-refractivity contribution is 0.426. The van der Waals surface area contributed by atoms with Gasteiger partial charge in [0.05, 0.1) is 0 Å². The molecule has 0 saturated carbocycles. The summed E-state index contributed by atoms with van der Waals surface area (Å²) in [6.07, 6.45) is 0. The molecule has 0 fully saturated rings. The van der Waals surface area contributed by atoms with Crippen LogP contribution in [0.3, 0.4) is 0 Å². The van der Waals surface area contributed by atoms with Gasteiger partial charge in [0, 0.05) is 72.8 Å². The normalized spacial score (nSPS) is 11.1. The van der Waals surface area contributed by atoms with E-state index in [1.807, 2.05) is 151 Å². The Balaban J connectivity index is 0.000000133. The van der Waals surface area contributed by atoms with Gasteiger partial charge in [-0.1, -0.05) is 344 Å². The number of aromatic nitrogens is 6. The molecule has 0 atom stereocenters. The maximum absolute atomic E-state index is 9.31. The molecule has 12 heteroatoms. The molecule has 0 aliphatic rings. The van der Waals surface area contributed by atoms with Gasteiger partial charge in [-0.15, -0.1) is 22.7 Å². The third-order valence-corrected chi connectivity index (χ3v) is 20.9. The highest BCUT2D eigenvalue weighted by Gasteiger charge is 2.22. The van der Waals surface area contributed by atoms with Crippen LogP contribution in [0.4, 0.5) is 0 Å². The van der Waals surface area contributed by atoms with Crippen LogP contribution < -0.4 is 5.46 Å². The summed E-state index contributed by atoms with van der Waals surface area (Å²) < 4.78 is 5.74. The van der Waals surface area contributed by atoms with Crippen LogP contribution in [0, 0.1) is 0 Å². The molecule has 484 valence electrons. The first kappa shape index (κ1) is 64.7. The van der Waals surface area contributed by atoms with Crippen molar-refractivity contribution in [1.29, 1.82) is 0 Å². The largest absolute Gasteiger partial charge is 0.489 e. The Morgan fingerprint density at radius 2 is 0.480 bits per heavy atom. The Morgan fingerprint density at radius 3 is 0.863 bits per heavy atom. The Hall–Kier alpha value is -12.0. The second-order valence-corrected chi connectivity index (χ2v) is 27.3. The average molecular weight is 1410 g/mol. The van der Waals surface area contributed by atoms with E-state index < -0.39 is 7.12 Å². The van der Waals surface area contributed by atoms with E-state index >= 15 is 0 Å². The van der Waals surface area contributed by atoms with Crippen molar-refractivity contribution in [2.45, 2.75) is 0 Å². The van der Waals surface area contributed by atoms with Gasteiger partial charge in [-0.05, 0) is 90.7 Å². The predicted octanol–water partition coefficient (Wildman–Crippen LogP) is 22.9. The number of rotatable bonds is 12. The van der Waals surface area contributed by atoms with Crippen LogP contribution in [-0.4, -0.2) is 47.1 Å². The van der Waals surface area contributed by atoms with E-state index in [0.29, 0.717) is 40.4 Å². The number of hydrogen-bond acceptors (Lipinski definition) is 10. The minimum Gasteiger partial charge on any atom is -0.423 e. The Morgan fingerprint density at radius 1 is 0.216 bits per heavy atom. The highest BCUT2D eigenvalue weighted by atomic mass is 79.9. The summed E-state index contributed by atoms with van der Waals surface area (Å²) >= 11 is 6.98. The molecule has 14 aromatic carbocycles. The summed E-state index contributed by atoms with van der Waals surface area (Å²) in [5.74, 6) is 3.84. The van der Waals surface area contributed by atoms with Gasteiger partial charge in [0.1, 0.15) is 0 Å². The molecular weight excluding hydrogens is 1350 g/mol. The molecule has 0 bridgehead atoms. The molecular formula is C90H60BBrN6O2S2. The molecule has 18 aromatic rings. The van der Waals surface area contributed by atoms with Crippen molar-refractivity contribution < 1.29 is 10.0 Å². The zero-order valence-electron chi connectivity index (χ0n) is 54.8. The molecule has 18 rings (SSSR count). The van der Waals surface area contributed by atoms with E-state index in [-0.39, 0.29) is 0 Å². The SMILES string of the molecule is Brc1ccc(-c2nc(-c3ccccc3-c3ccccc3)nc(-c3ccccc3-c3ccccc3)n2)cc1.OB(O)c1cccc2c1sc1ccccc12.c1ccc(-c2ccccc2-c2nc(-c3ccc(-c4cccc5c4sc4ccccc45)cc3)nc(-c3ccccc3-c3ccccc3)n2)cc1. The predicted molar refractivity (Wildman–Crippen MR) is 429 cm³/mol. The minimum atomic E-state index is -1.41. The van der Waals surface area contributed by atoms with Crippen molar-refractivity contribution in [2.24, 2.45) is 0 Å². The average Bonchev–Trinajstić information content (AvgIpc) is 1.45. The lowest BCUT2D eigenvalue weighted by Crippen LogP contribution is -2.29. The van der Waals surface area contributed by atoms with Gasteiger partial charge in [-0.2, -0.15) is 0 Å². The summed E-state index contributed by atoms with van der Waals surface area (Å²) in [5.41, 5.74) is 17.5. The monoisotopic (exact) mass is 1410 g/mol. The van der Waals surface area contributed by atoms with Gasteiger partial charge in [-0.25, -0.2) is 29.9 Å². The number of fused-ring (bicyclic) bond motifs is 6. The maximum atomic E-state index is 9.31. The summed E-state index contributed by atoms with van der Waals surface area (Å²) in [4.78, 5) is 30.5. The smallest absolute Gasteiger partial charge is 0.423 e. The summed E-state index contributed by atoms with van der Waals surface area (Å²) in [6, 6.07) is 120. The third-order valence-electron chi connectivity index (χ3n) is 18.0. The number of benzene rings is 14. The lowest BCUT2D eigenvalue weighted by Gasteiger charge is -2.14. The van der Waals surface area contributed by atoms with E-state index in [1.165, 1.54) is 41.4 Å². The van der Waals surface area contributed by atoms with Crippen LogP contribution >= 0.6 is 38.6 Å². The lowest BCUT2D eigenvalue weighted by atomic mass is 9.80. The zero-order valence-corrected chi connectivity index (χ0v) is 58.1. The summed E-state index contributed by atoms with van der Waals surface area (Å²) in [5, 5.41) is 23.5. The molecule has 0 unspecified atom stereocenters. The third kappa shape index (κ3) is 13.5. The van der Waals surface area contributed by atoms with E-state index in [4.69, 9.17) is 29.9 Å². The quantitative estimate of drug-likeness (QED) is 0.116. The molecule has 0 amide bonds.